The van der Waals surface area contributed by atoms with E-state index in [0.717, 1.165) is 38.4 Å². The molecule has 2 N–H and O–H groups in total. The molecule has 0 aromatic rings. The predicted molar refractivity (Wildman–Crippen MR) is 96.6 cm³/mol. The summed E-state index contributed by atoms with van der Waals surface area (Å²) in [6.07, 6.45) is 14.1. The van der Waals surface area contributed by atoms with Crippen LogP contribution in [-0.4, -0.2) is 21.6 Å². The molecule has 3 nitrogen and oxygen atoms in total. The van der Waals surface area contributed by atoms with Crippen LogP contribution in [0, 0.1) is 46.8 Å². The van der Waals surface area contributed by atoms with Crippen LogP contribution in [0.1, 0.15) is 65.2 Å². The van der Waals surface area contributed by atoms with Crippen molar-refractivity contribution in [1.29, 1.82) is 0 Å². The van der Waals surface area contributed by atoms with E-state index >= 15 is 0 Å². The molecule has 0 aliphatic heterocycles. The Kier molecular flexibility index (Phi) is 3.68. The van der Waals surface area contributed by atoms with E-state index in [4.69, 9.17) is 6.42 Å². The van der Waals surface area contributed by atoms with Gasteiger partial charge in [-0.2, -0.15) is 0 Å². The summed E-state index contributed by atoms with van der Waals surface area (Å²) in [5.74, 6) is 4.91. The number of carbonyl (C=O) groups is 1. The van der Waals surface area contributed by atoms with Gasteiger partial charge >= 0.3 is 0 Å². The highest BCUT2D eigenvalue weighted by molar-refractivity contribution is 5.96. The maximum Gasteiger partial charge on any atom is 0.162 e. The molecule has 0 amide bonds. The Morgan fingerprint density at radius 3 is 2.56 bits per heavy atom. The van der Waals surface area contributed by atoms with Gasteiger partial charge in [-0.05, 0) is 74.0 Å². The van der Waals surface area contributed by atoms with Gasteiger partial charge in [0.25, 0.3) is 0 Å². The molecule has 0 saturated heterocycles. The van der Waals surface area contributed by atoms with Crippen molar-refractivity contribution in [2.24, 2.45) is 34.5 Å². The molecule has 0 unspecified atom stereocenters. The predicted octanol–water partition coefficient (Wildman–Crippen LogP) is 4.01. The second-order valence-electron chi connectivity index (χ2n) is 9.61. The summed E-state index contributed by atoms with van der Waals surface area (Å²) in [6.45, 7) is 4.55. The third-order valence-electron chi connectivity index (χ3n) is 8.97. The fraction of sp³-hybridized carbons (Fsp3) is 0.773. The summed E-state index contributed by atoms with van der Waals surface area (Å²) in [5.41, 5.74) is -0.436. The van der Waals surface area contributed by atoms with E-state index in [1.807, 2.05) is 0 Å². The SMILES string of the molecule is C#C[C@]1(O)CC[C@H]2[C@@H]3CC[C@H]4CC(=O)C(=CO)C[C@]4(C)[C@H]3CC[C@@]21C. The zero-order valence-corrected chi connectivity index (χ0v) is 15.4. The summed E-state index contributed by atoms with van der Waals surface area (Å²) >= 11 is 0. The Hall–Kier alpha value is -1.27. The fourth-order valence-electron chi connectivity index (χ4n) is 7.38. The van der Waals surface area contributed by atoms with E-state index in [0.29, 0.717) is 48.5 Å². The lowest BCUT2D eigenvalue weighted by molar-refractivity contribution is -0.140. The van der Waals surface area contributed by atoms with Crippen molar-refractivity contribution in [3.63, 3.8) is 0 Å². The van der Waals surface area contributed by atoms with Gasteiger partial charge < -0.3 is 10.2 Å². The number of aliphatic hydroxyl groups is 2. The van der Waals surface area contributed by atoms with E-state index in [1.54, 1.807) is 0 Å². The van der Waals surface area contributed by atoms with Gasteiger partial charge in [0.1, 0.15) is 5.60 Å². The van der Waals surface area contributed by atoms with Crippen LogP contribution in [0.2, 0.25) is 0 Å². The summed E-state index contributed by atoms with van der Waals surface area (Å²) in [5, 5.41) is 20.5. The number of hydrogen-bond acceptors (Lipinski definition) is 3. The van der Waals surface area contributed by atoms with Gasteiger partial charge in [-0.25, -0.2) is 0 Å². The van der Waals surface area contributed by atoms with Crippen molar-refractivity contribution in [2.45, 2.75) is 70.8 Å². The molecule has 0 spiro atoms. The molecule has 25 heavy (non-hydrogen) atoms. The third-order valence-corrected chi connectivity index (χ3v) is 8.97. The largest absolute Gasteiger partial charge is 0.515 e. The van der Waals surface area contributed by atoms with Crippen LogP contribution in [0.5, 0.6) is 0 Å². The fourth-order valence-corrected chi connectivity index (χ4v) is 7.38. The molecule has 7 atom stereocenters. The second-order valence-corrected chi connectivity index (χ2v) is 9.61. The van der Waals surface area contributed by atoms with Crippen LogP contribution >= 0.6 is 0 Å². The third kappa shape index (κ3) is 2.07. The van der Waals surface area contributed by atoms with E-state index in [9.17, 15) is 15.0 Å². The van der Waals surface area contributed by atoms with Gasteiger partial charge in [0.05, 0.1) is 6.26 Å². The average molecular weight is 342 g/mol. The highest BCUT2D eigenvalue weighted by Crippen LogP contribution is 2.68. The lowest BCUT2D eigenvalue weighted by atomic mass is 9.44. The number of allylic oxidation sites excluding steroid dienone is 1. The molecule has 4 fully saturated rings. The Morgan fingerprint density at radius 2 is 1.88 bits per heavy atom. The number of hydrogen-bond donors (Lipinski definition) is 2. The molecule has 0 bridgehead atoms. The number of aliphatic hydroxyl groups excluding tert-OH is 1. The number of ketones is 1. The zero-order chi connectivity index (χ0) is 18.0. The van der Waals surface area contributed by atoms with Crippen LogP contribution in [0.25, 0.3) is 0 Å². The van der Waals surface area contributed by atoms with Crippen molar-refractivity contribution >= 4 is 5.78 Å². The van der Waals surface area contributed by atoms with E-state index in [1.165, 1.54) is 0 Å². The lowest BCUT2D eigenvalue weighted by Crippen LogP contribution is -2.56. The highest BCUT2D eigenvalue weighted by atomic mass is 16.3. The quantitative estimate of drug-likeness (QED) is 0.397. The second kappa shape index (κ2) is 5.36. The van der Waals surface area contributed by atoms with E-state index < -0.39 is 5.60 Å². The van der Waals surface area contributed by atoms with E-state index in [-0.39, 0.29) is 16.6 Å². The first-order valence-corrected chi connectivity index (χ1v) is 9.85. The Labute approximate surface area is 150 Å². The number of Topliss-reactive ketones (excluding diaryl/α,β-unsaturated/α-hetero) is 1. The first-order valence-electron chi connectivity index (χ1n) is 9.85. The first-order chi connectivity index (χ1) is 11.8. The highest BCUT2D eigenvalue weighted by Gasteiger charge is 2.64. The maximum absolute atomic E-state index is 12.3. The molecule has 136 valence electrons. The van der Waals surface area contributed by atoms with Crippen molar-refractivity contribution in [3.8, 4) is 12.3 Å². The topological polar surface area (TPSA) is 57.5 Å². The molecule has 0 heterocycles. The summed E-state index contributed by atoms with van der Waals surface area (Å²) in [7, 11) is 0. The molecule has 4 saturated carbocycles. The maximum atomic E-state index is 12.3. The number of terminal acetylenes is 1. The molecule has 0 aromatic carbocycles. The van der Waals surface area contributed by atoms with Gasteiger partial charge in [0, 0.05) is 17.4 Å². The van der Waals surface area contributed by atoms with Crippen molar-refractivity contribution < 1.29 is 15.0 Å². The van der Waals surface area contributed by atoms with Crippen LogP contribution in [0.3, 0.4) is 0 Å². The minimum atomic E-state index is -0.959. The summed E-state index contributed by atoms with van der Waals surface area (Å²) < 4.78 is 0. The molecule has 4 aliphatic carbocycles. The van der Waals surface area contributed by atoms with Gasteiger partial charge in [0.15, 0.2) is 5.78 Å². The summed E-state index contributed by atoms with van der Waals surface area (Å²) in [4.78, 5) is 12.3. The summed E-state index contributed by atoms with van der Waals surface area (Å²) in [6, 6.07) is 0. The van der Waals surface area contributed by atoms with E-state index in [2.05, 4.69) is 19.8 Å². The van der Waals surface area contributed by atoms with Gasteiger partial charge in [-0.15, -0.1) is 6.42 Å². The van der Waals surface area contributed by atoms with Crippen LogP contribution < -0.4 is 0 Å². The number of rotatable bonds is 0. The van der Waals surface area contributed by atoms with Crippen molar-refractivity contribution in [1.82, 2.24) is 0 Å². The van der Waals surface area contributed by atoms with Gasteiger partial charge in [-0.1, -0.05) is 19.8 Å². The normalized spacial score (nSPS) is 53.7. The van der Waals surface area contributed by atoms with Crippen molar-refractivity contribution in [2.75, 3.05) is 0 Å². The van der Waals surface area contributed by atoms with Crippen LogP contribution in [0.15, 0.2) is 11.8 Å². The van der Waals surface area contributed by atoms with Gasteiger partial charge in [-0.3, -0.25) is 4.79 Å². The Morgan fingerprint density at radius 1 is 1.16 bits per heavy atom. The first kappa shape index (κ1) is 17.2. The van der Waals surface area contributed by atoms with Crippen LogP contribution in [0.4, 0.5) is 0 Å². The molecule has 4 rings (SSSR count). The number of carbonyl (C=O) groups excluding carboxylic acids is 1. The molecule has 0 aromatic heterocycles. The zero-order valence-electron chi connectivity index (χ0n) is 15.4. The molecular formula is C22H30O3. The molecule has 4 aliphatic rings. The molecule has 0 radical (unpaired) electrons. The minimum absolute atomic E-state index is 0.0869. The van der Waals surface area contributed by atoms with Gasteiger partial charge in [0.2, 0.25) is 0 Å². The molecular weight excluding hydrogens is 312 g/mol. The molecule has 3 heteroatoms. The Bertz CT molecular complexity index is 673. The number of fused-ring (bicyclic) bond motifs is 5. The lowest BCUT2D eigenvalue weighted by Gasteiger charge is -2.60. The Balaban J connectivity index is 1.68. The van der Waals surface area contributed by atoms with Crippen LogP contribution in [-0.2, 0) is 4.79 Å². The monoisotopic (exact) mass is 342 g/mol. The minimum Gasteiger partial charge on any atom is -0.515 e. The smallest absolute Gasteiger partial charge is 0.162 e. The average Bonchev–Trinajstić information content (AvgIpc) is 2.87. The standard InChI is InChI=1S/C22H30O3/c1-4-22(25)10-8-18-16-6-5-15-11-19(24)14(13-23)12-20(15,2)17(16)7-9-21(18,22)3/h1,13,15-18,23,25H,5-12H2,2-3H3/t15-,16+,17-,18-,20-,21-,22-/m0/s1. The van der Waals surface area contributed by atoms with Crippen molar-refractivity contribution in [3.05, 3.63) is 11.8 Å².